The molecule has 0 atom stereocenters. The van der Waals surface area contributed by atoms with Crippen LogP contribution in [0.1, 0.15) is 0 Å². The van der Waals surface area contributed by atoms with E-state index in [1.807, 2.05) is 6.07 Å². The van der Waals surface area contributed by atoms with Crippen LogP contribution in [0.2, 0.25) is 0 Å². The zero-order chi connectivity index (χ0) is 21.6. The predicted octanol–water partition coefficient (Wildman–Crippen LogP) is 2.85. The largest absolute Gasteiger partial charge is 0.493 e. The molecule has 2 aromatic heterocycles. The molecule has 2 heterocycles. The third-order valence-corrected chi connectivity index (χ3v) is 5.20. The van der Waals surface area contributed by atoms with E-state index in [9.17, 15) is 14.0 Å². The van der Waals surface area contributed by atoms with Crippen molar-refractivity contribution in [3.63, 3.8) is 0 Å². The number of methoxy groups -OCH3 is 2. The van der Waals surface area contributed by atoms with Gasteiger partial charge in [-0.05, 0) is 42.0 Å². The van der Waals surface area contributed by atoms with E-state index in [2.05, 4.69) is 0 Å². The molecule has 0 unspecified atom stereocenters. The Morgan fingerprint density at radius 3 is 2.17 bits per heavy atom. The lowest BCUT2D eigenvalue weighted by Crippen LogP contribution is -2.36. The van der Waals surface area contributed by atoms with Crippen LogP contribution in [0.5, 0.6) is 11.5 Å². The first-order chi connectivity index (χ1) is 14.4. The molecular weight excluding hydrogens is 389 g/mol. The molecule has 0 fully saturated rings. The molecule has 30 heavy (non-hydrogen) atoms. The van der Waals surface area contributed by atoms with Gasteiger partial charge in [0.2, 0.25) is 0 Å². The minimum Gasteiger partial charge on any atom is -0.493 e. The van der Waals surface area contributed by atoms with E-state index in [0.29, 0.717) is 39.3 Å². The Labute approximate surface area is 171 Å². The third kappa shape index (κ3) is 2.88. The SMILES string of the molecule is COc1ccc(-n2cc3c(c2-c2ccc(F)cc2)c(=O)n(C)c(=O)n3C)cc1OC. The van der Waals surface area contributed by atoms with Crippen LogP contribution in [-0.2, 0) is 14.1 Å². The summed E-state index contributed by atoms with van der Waals surface area (Å²) >= 11 is 0. The highest BCUT2D eigenvalue weighted by molar-refractivity contribution is 5.94. The molecule has 0 saturated heterocycles. The molecule has 2 aromatic carbocycles. The van der Waals surface area contributed by atoms with E-state index >= 15 is 0 Å². The summed E-state index contributed by atoms with van der Waals surface area (Å²) in [6, 6.07) is 11.2. The lowest BCUT2D eigenvalue weighted by molar-refractivity contribution is 0.355. The van der Waals surface area contributed by atoms with Gasteiger partial charge in [-0.3, -0.25) is 13.9 Å². The van der Waals surface area contributed by atoms with Crippen LogP contribution in [0, 0.1) is 5.82 Å². The van der Waals surface area contributed by atoms with Crippen LogP contribution in [0.4, 0.5) is 4.39 Å². The van der Waals surface area contributed by atoms with Crippen molar-refractivity contribution >= 4 is 10.9 Å². The van der Waals surface area contributed by atoms with Gasteiger partial charge in [0.25, 0.3) is 5.56 Å². The van der Waals surface area contributed by atoms with Crippen molar-refractivity contribution in [2.45, 2.75) is 0 Å². The number of halogens is 1. The lowest BCUT2D eigenvalue weighted by Gasteiger charge is -2.13. The fourth-order valence-corrected chi connectivity index (χ4v) is 3.61. The zero-order valence-electron chi connectivity index (χ0n) is 17.0. The number of hydrogen-bond acceptors (Lipinski definition) is 4. The number of rotatable bonds is 4. The maximum absolute atomic E-state index is 13.6. The minimum absolute atomic E-state index is 0.362. The number of fused-ring (bicyclic) bond motifs is 1. The van der Waals surface area contributed by atoms with E-state index in [1.54, 1.807) is 49.2 Å². The van der Waals surface area contributed by atoms with Gasteiger partial charge in [0.15, 0.2) is 11.5 Å². The first-order valence-corrected chi connectivity index (χ1v) is 9.16. The third-order valence-electron chi connectivity index (χ3n) is 5.20. The quantitative estimate of drug-likeness (QED) is 0.520. The van der Waals surface area contributed by atoms with E-state index < -0.39 is 11.2 Å². The van der Waals surface area contributed by atoms with Gasteiger partial charge in [0.1, 0.15) is 5.82 Å². The molecule has 0 bridgehead atoms. The summed E-state index contributed by atoms with van der Waals surface area (Å²) in [4.78, 5) is 25.5. The Kier molecular flexibility index (Phi) is 4.69. The standard InChI is InChI=1S/C22H20FN3O4/c1-24-16-12-26(15-9-10-17(29-3)18(11-15)30-4)20(13-5-7-14(23)8-6-13)19(16)21(27)25(2)22(24)28/h5-12H,1-4H3. The minimum atomic E-state index is -0.428. The molecule has 0 aliphatic heterocycles. The number of aryl methyl sites for hydroxylation is 1. The van der Waals surface area contributed by atoms with Crippen molar-refractivity contribution in [2.75, 3.05) is 14.2 Å². The maximum Gasteiger partial charge on any atom is 0.330 e. The Hall–Kier alpha value is -3.81. The second-order valence-corrected chi connectivity index (χ2v) is 6.86. The highest BCUT2D eigenvalue weighted by atomic mass is 19.1. The molecular formula is C22H20FN3O4. The van der Waals surface area contributed by atoms with E-state index in [0.717, 1.165) is 4.57 Å². The van der Waals surface area contributed by atoms with Gasteiger partial charge >= 0.3 is 5.69 Å². The monoisotopic (exact) mass is 409 g/mol. The number of hydrogen-bond donors (Lipinski definition) is 0. The summed E-state index contributed by atoms with van der Waals surface area (Å²) in [6.07, 6.45) is 1.72. The molecule has 8 heteroatoms. The molecule has 4 aromatic rings. The van der Waals surface area contributed by atoms with Gasteiger partial charge in [-0.25, -0.2) is 9.18 Å². The Morgan fingerprint density at radius 2 is 1.53 bits per heavy atom. The molecule has 154 valence electrons. The first-order valence-electron chi connectivity index (χ1n) is 9.16. The van der Waals surface area contributed by atoms with Crippen LogP contribution in [-0.4, -0.2) is 27.9 Å². The summed E-state index contributed by atoms with van der Waals surface area (Å²) in [5, 5.41) is 0.362. The molecule has 0 aliphatic rings. The topological polar surface area (TPSA) is 67.4 Å². The molecule has 0 spiro atoms. The van der Waals surface area contributed by atoms with Crippen LogP contribution in [0.15, 0.2) is 58.3 Å². The second kappa shape index (κ2) is 7.22. The molecule has 0 N–H and O–H groups in total. The van der Waals surface area contributed by atoms with E-state index in [4.69, 9.17) is 9.47 Å². The fraction of sp³-hybridized carbons (Fsp3) is 0.182. The molecule has 0 radical (unpaired) electrons. The average molecular weight is 409 g/mol. The van der Waals surface area contributed by atoms with Gasteiger partial charge in [0, 0.05) is 32.0 Å². The fourth-order valence-electron chi connectivity index (χ4n) is 3.61. The first kappa shape index (κ1) is 19.5. The number of benzene rings is 2. The van der Waals surface area contributed by atoms with Gasteiger partial charge in [-0.2, -0.15) is 0 Å². The normalized spacial score (nSPS) is 11.1. The predicted molar refractivity (Wildman–Crippen MR) is 112 cm³/mol. The summed E-state index contributed by atoms with van der Waals surface area (Å²) in [5.74, 6) is 0.691. The summed E-state index contributed by atoms with van der Waals surface area (Å²) in [7, 11) is 6.13. The number of ether oxygens (including phenoxy) is 2. The summed E-state index contributed by atoms with van der Waals surface area (Å²) in [6.45, 7) is 0. The maximum atomic E-state index is 13.6. The molecule has 0 aliphatic carbocycles. The Morgan fingerprint density at radius 1 is 0.867 bits per heavy atom. The molecule has 7 nitrogen and oxygen atoms in total. The van der Waals surface area contributed by atoms with Gasteiger partial charge < -0.3 is 14.0 Å². The molecule has 4 rings (SSSR count). The van der Waals surface area contributed by atoms with Crippen LogP contribution in [0.25, 0.3) is 27.8 Å². The number of aromatic nitrogens is 3. The summed E-state index contributed by atoms with van der Waals surface area (Å²) < 4.78 is 28.6. The van der Waals surface area contributed by atoms with E-state index in [1.165, 1.54) is 30.9 Å². The Bertz CT molecular complexity index is 1380. The molecule has 0 saturated carbocycles. The van der Waals surface area contributed by atoms with Crippen molar-refractivity contribution in [2.24, 2.45) is 14.1 Å². The van der Waals surface area contributed by atoms with E-state index in [-0.39, 0.29) is 5.82 Å². The highest BCUT2D eigenvalue weighted by Crippen LogP contribution is 2.34. The van der Waals surface area contributed by atoms with Gasteiger partial charge in [-0.15, -0.1) is 0 Å². The van der Waals surface area contributed by atoms with Gasteiger partial charge in [-0.1, -0.05) is 0 Å². The van der Waals surface area contributed by atoms with Crippen molar-refractivity contribution < 1.29 is 13.9 Å². The zero-order valence-corrected chi connectivity index (χ0v) is 17.0. The van der Waals surface area contributed by atoms with Crippen LogP contribution < -0.4 is 20.7 Å². The van der Waals surface area contributed by atoms with Crippen molar-refractivity contribution in [1.29, 1.82) is 0 Å². The molecule has 0 amide bonds. The lowest BCUT2D eigenvalue weighted by atomic mass is 10.1. The van der Waals surface area contributed by atoms with Crippen molar-refractivity contribution in [3.05, 3.63) is 75.3 Å². The van der Waals surface area contributed by atoms with Crippen LogP contribution >= 0.6 is 0 Å². The number of nitrogens with zero attached hydrogens (tertiary/aromatic N) is 3. The van der Waals surface area contributed by atoms with Crippen molar-refractivity contribution in [3.8, 4) is 28.4 Å². The van der Waals surface area contributed by atoms with Crippen molar-refractivity contribution in [1.82, 2.24) is 13.7 Å². The Balaban J connectivity index is 2.15. The second-order valence-electron chi connectivity index (χ2n) is 6.86. The highest BCUT2D eigenvalue weighted by Gasteiger charge is 2.21. The van der Waals surface area contributed by atoms with Crippen LogP contribution in [0.3, 0.4) is 0 Å². The van der Waals surface area contributed by atoms with Gasteiger partial charge in [0.05, 0.1) is 30.8 Å². The summed E-state index contributed by atoms with van der Waals surface area (Å²) in [5.41, 5.74) is 1.49. The average Bonchev–Trinajstić information content (AvgIpc) is 3.17. The smallest absolute Gasteiger partial charge is 0.330 e.